The molecule has 0 saturated carbocycles. The van der Waals surface area contributed by atoms with Crippen LogP contribution >= 0.6 is 0 Å². The summed E-state index contributed by atoms with van der Waals surface area (Å²) in [5.74, 6) is 1.02. The first kappa shape index (κ1) is 19.4. The first-order valence-electron chi connectivity index (χ1n) is 10.6. The van der Waals surface area contributed by atoms with Gasteiger partial charge in [0.2, 0.25) is 0 Å². The van der Waals surface area contributed by atoms with Crippen LogP contribution in [-0.2, 0) is 6.54 Å². The molecular weight excluding hydrogens is 390 g/mol. The van der Waals surface area contributed by atoms with Gasteiger partial charge in [0.25, 0.3) is 5.56 Å². The fourth-order valence-corrected chi connectivity index (χ4v) is 4.98. The Morgan fingerprint density at radius 2 is 1.74 bits per heavy atom. The van der Waals surface area contributed by atoms with E-state index in [0.717, 1.165) is 23.2 Å². The molecule has 158 valence electrons. The quantitative estimate of drug-likeness (QED) is 0.698. The Balaban J connectivity index is 1.46. The van der Waals surface area contributed by atoms with Crippen LogP contribution in [0.5, 0.6) is 5.75 Å². The van der Waals surface area contributed by atoms with Crippen molar-refractivity contribution in [1.82, 2.24) is 9.47 Å². The average Bonchev–Trinajstić information content (AvgIpc) is 2.80. The number of urea groups is 1. The van der Waals surface area contributed by atoms with Crippen LogP contribution < -0.4 is 15.6 Å². The van der Waals surface area contributed by atoms with Gasteiger partial charge in [0, 0.05) is 42.9 Å². The van der Waals surface area contributed by atoms with Gasteiger partial charge >= 0.3 is 6.03 Å². The summed E-state index contributed by atoms with van der Waals surface area (Å²) in [7, 11) is 1.59. The number of hydrogen-bond donors (Lipinski definition) is 1. The number of nitrogens with one attached hydrogen (secondary N) is 1. The molecule has 0 radical (unpaired) electrons. The fraction of sp³-hybridized carbons (Fsp3) is 0.280. The van der Waals surface area contributed by atoms with Crippen LogP contribution in [0, 0.1) is 5.92 Å². The molecule has 6 nitrogen and oxygen atoms in total. The van der Waals surface area contributed by atoms with E-state index in [1.165, 1.54) is 0 Å². The molecule has 0 unspecified atom stereocenters. The number of hydrogen-bond acceptors (Lipinski definition) is 3. The fourth-order valence-electron chi connectivity index (χ4n) is 4.98. The number of pyridine rings is 1. The van der Waals surface area contributed by atoms with Crippen molar-refractivity contribution >= 4 is 11.7 Å². The van der Waals surface area contributed by atoms with Gasteiger partial charge in [0.05, 0.1) is 12.8 Å². The van der Waals surface area contributed by atoms with Crippen LogP contribution in [-0.4, -0.2) is 35.7 Å². The summed E-state index contributed by atoms with van der Waals surface area (Å²) in [6.07, 6.45) is 0.988. The van der Waals surface area contributed by atoms with Crippen molar-refractivity contribution in [3.05, 3.63) is 82.8 Å². The highest BCUT2D eigenvalue weighted by Gasteiger charge is 2.38. The van der Waals surface area contributed by atoms with Gasteiger partial charge in [0.1, 0.15) is 5.75 Å². The third kappa shape index (κ3) is 3.58. The second kappa shape index (κ2) is 7.95. The predicted octanol–water partition coefficient (Wildman–Crippen LogP) is 4.18. The topological polar surface area (TPSA) is 63.6 Å². The number of aromatic nitrogens is 1. The van der Waals surface area contributed by atoms with Gasteiger partial charge in [-0.05, 0) is 36.1 Å². The van der Waals surface area contributed by atoms with Crippen LogP contribution in [0.2, 0.25) is 0 Å². The minimum atomic E-state index is -0.132. The van der Waals surface area contributed by atoms with Crippen molar-refractivity contribution in [3.8, 4) is 16.9 Å². The molecule has 1 aromatic heterocycles. The Kier molecular flexibility index (Phi) is 4.98. The van der Waals surface area contributed by atoms with E-state index in [1.807, 2.05) is 58.0 Å². The second-order valence-electron chi connectivity index (χ2n) is 8.28. The zero-order chi connectivity index (χ0) is 21.4. The van der Waals surface area contributed by atoms with Crippen LogP contribution in [0.25, 0.3) is 11.1 Å². The highest BCUT2D eigenvalue weighted by atomic mass is 16.5. The molecular formula is C25H25N3O3. The Morgan fingerprint density at radius 1 is 0.968 bits per heavy atom. The first-order valence-corrected chi connectivity index (χ1v) is 10.6. The second-order valence-corrected chi connectivity index (χ2v) is 8.28. The van der Waals surface area contributed by atoms with Crippen molar-refractivity contribution in [2.75, 3.05) is 25.5 Å². The van der Waals surface area contributed by atoms with Crippen LogP contribution in [0.4, 0.5) is 10.5 Å². The summed E-state index contributed by atoms with van der Waals surface area (Å²) < 4.78 is 7.29. The SMILES string of the molecule is COc1ccccc1NC(=O)N1C[C@@H]2C[C@H](C1)c1c(-c3ccccc3)ccc(=O)n1C2. The number of piperidine rings is 1. The molecule has 2 aliphatic rings. The first-order chi connectivity index (χ1) is 15.1. The van der Waals surface area contributed by atoms with E-state index in [0.29, 0.717) is 31.1 Å². The highest BCUT2D eigenvalue weighted by Crippen LogP contribution is 2.40. The highest BCUT2D eigenvalue weighted by molar-refractivity contribution is 5.91. The lowest BCUT2D eigenvalue weighted by molar-refractivity contribution is 0.140. The molecule has 2 atom stereocenters. The summed E-state index contributed by atoms with van der Waals surface area (Å²) in [6, 6.07) is 21.0. The molecule has 2 bridgehead atoms. The lowest BCUT2D eigenvalue weighted by Gasteiger charge is -2.43. The maximum Gasteiger partial charge on any atom is 0.321 e. The van der Waals surface area contributed by atoms with Crippen LogP contribution in [0.1, 0.15) is 18.0 Å². The van der Waals surface area contributed by atoms with Gasteiger partial charge in [-0.25, -0.2) is 4.79 Å². The van der Waals surface area contributed by atoms with E-state index in [1.54, 1.807) is 13.2 Å². The van der Waals surface area contributed by atoms with Crippen LogP contribution in [0.3, 0.4) is 0 Å². The Bertz CT molecular complexity index is 1170. The smallest absolute Gasteiger partial charge is 0.321 e. The van der Waals surface area contributed by atoms with Gasteiger partial charge in [-0.2, -0.15) is 0 Å². The number of fused-ring (bicyclic) bond motifs is 4. The molecule has 31 heavy (non-hydrogen) atoms. The van der Waals surface area contributed by atoms with Crippen molar-refractivity contribution in [2.24, 2.45) is 5.92 Å². The molecule has 0 aliphatic carbocycles. The molecule has 1 saturated heterocycles. The number of para-hydroxylation sites is 2. The lowest BCUT2D eigenvalue weighted by Crippen LogP contribution is -2.50. The summed E-state index contributed by atoms with van der Waals surface area (Å²) in [6.45, 7) is 1.86. The number of carbonyl (C=O) groups is 1. The zero-order valence-corrected chi connectivity index (χ0v) is 17.5. The molecule has 2 aromatic carbocycles. The maximum absolute atomic E-state index is 13.1. The normalized spacial score (nSPS) is 19.5. The number of ether oxygens (including phenoxy) is 1. The molecule has 1 N–H and O–H groups in total. The van der Waals surface area contributed by atoms with Gasteiger partial charge in [0.15, 0.2) is 0 Å². The minimum Gasteiger partial charge on any atom is -0.495 e. The number of methoxy groups -OCH3 is 1. The van der Waals surface area contributed by atoms with E-state index in [-0.39, 0.29) is 23.4 Å². The molecule has 0 spiro atoms. The van der Waals surface area contributed by atoms with Crippen molar-refractivity contribution in [2.45, 2.75) is 18.9 Å². The maximum atomic E-state index is 13.1. The number of anilines is 1. The van der Waals surface area contributed by atoms with E-state index in [9.17, 15) is 9.59 Å². The minimum absolute atomic E-state index is 0.0382. The van der Waals surface area contributed by atoms with E-state index < -0.39 is 0 Å². The lowest BCUT2D eigenvalue weighted by atomic mass is 9.80. The van der Waals surface area contributed by atoms with Gasteiger partial charge in [-0.3, -0.25) is 4.79 Å². The van der Waals surface area contributed by atoms with Gasteiger partial charge < -0.3 is 19.5 Å². The van der Waals surface area contributed by atoms with E-state index in [2.05, 4.69) is 17.4 Å². The Morgan fingerprint density at radius 3 is 2.55 bits per heavy atom. The van der Waals surface area contributed by atoms with Crippen molar-refractivity contribution in [3.63, 3.8) is 0 Å². The molecule has 5 rings (SSSR count). The number of carbonyl (C=O) groups excluding carboxylic acids is 1. The van der Waals surface area contributed by atoms with E-state index in [4.69, 9.17) is 4.74 Å². The summed E-state index contributed by atoms with van der Waals surface area (Å²) >= 11 is 0. The average molecular weight is 415 g/mol. The number of likely N-dealkylation sites (tertiary alicyclic amines) is 1. The summed E-state index contributed by atoms with van der Waals surface area (Å²) in [5.41, 5.74) is 3.92. The van der Waals surface area contributed by atoms with E-state index >= 15 is 0 Å². The molecule has 1 fully saturated rings. The zero-order valence-electron chi connectivity index (χ0n) is 17.5. The molecule has 6 heteroatoms. The summed E-state index contributed by atoms with van der Waals surface area (Å²) in [5, 5.41) is 3.00. The third-order valence-electron chi connectivity index (χ3n) is 6.31. The number of rotatable bonds is 3. The Hall–Kier alpha value is -3.54. The predicted molar refractivity (Wildman–Crippen MR) is 121 cm³/mol. The third-order valence-corrected chi connectivity index (χ3v) is 6.31. The van der Waals surface area contributed by atoms with Crippen molar-refractivity contribution < 1.29 is 9.53 Å². The molecule has 2 aliphatic heterocycles. The number of amides is 2. The largest absolute Gasteiger partial charge is 0.495 e. The molecule has 2 amide bonds. The number of nitrogens with zero attached hydrogens (tertiary/aromatic N) is 2. The van der Waals surface area contributed by atoms with Crippen molar-refractivity contribution in [1.29, 1.82) is 0 Å². The Labute approximate surface area is 181 Å². The molecule has 3 aromatic rings. The standard InChI is InChI=1S/C25H25N3O3/c1-31-22-10-6-5-9-21(22)26-25(30)27-14-17-13-19(16-27)24-20(18-7-3-2-4-8-18)11-12-23(29)28(24)15-17/h2-12,17,19H,13-16H2,1H3,(H,26,30)/t17-,19+/m0/s1. The molecule has 3 heterocycles. The number of benzene rings is 2. The monoisotopic (exact) mass is 415 g/mol. The van der Waals surface area contributed by atoms with Gasteiger partial charge in [-0.15, -0.1) is 0 Å². The van der Waals surface area contributed by atoms with Gasteiger partial charge in [-0.1, -0.05) is 42.5 Å². The summed E-state index contributed by atoms with van der Waals surface area (Å²) in [4.78, 5) is 27.6. The van der Waals surface area contributed by atoms with Crippen LogP contribution in [0.15, 0.2) is 71.5 Å².